The predicted octanol–water partition coefficient (Wildman–Crippen LogP) is 4.40. The number of nitrogens with zero attached hydrogens (tertiary/aromatic N) is 3. The smallest absolute Gasteiger partial charge is 0.266 e. The lowest BCUT2D eigenvalue weighted by Crippen LogP contribution is -2.36. The van der Waals surface area contributed by atoms with Crippen molar-refractivity contribution in [1.82, 2.24) is 9.21 Å². The zero-order chi connectivity index (χ0) is 24.3. The maximum atomic E-state index is 13.1. The topological polar surface area (TPSA) is 79.3 Å². The zero-order valence-corrected chi connectivity index (χ0v) is 21.5. The lowest BCUT2D eigenvalue weighted by Gasteiger charge is -2.19. The van der Waals surface area contributed by atoms with Crippen LogP contribution in [-0.2, 0) is 14.8 Å². The van der Waals surface area contributed by atoms with Crippen LogP contribution in [0.5, 0.6) is 5.75 Å². The summed E-state index contributed by atoms with van der Waals surface area (Å²) in [6.45, 7) is 8.63. The van der Waals surface area contributed by atoms with E-state index in [1.54, 1.807) is 17.0 Å². The zero-order valence-electron chi connectivity index (χ0n) is 19.9. The van der Waals surface area contributed by atoms with Crippen molar-refractivity contribution in [1.29, 1.82) is 0 Å². The van der Waals surface area contributed by atoms with Crippen molar-refractivity contribution < 1.29 is 17.9 Å². The Bertz CT molecular complexity index is 1160. The molecular weight excluding hydrogens is 458 g/mol. The Kier molecular flexibility index (Phi) is 7.87. The van der Waals surface area contributed by atoms with E-state index in [1.807, 2.05) is 32.0 Å². The average molecular weight is 490 g/mol. The number of hydrogen-bond acceptors (Lipinski definition) is 6. The predicted molar refractivity (Wildman–Crippen MR) is 134 cm³/mol. The summed E-state index contributed by atoms with van der Waals surface area (Å²) >= 11 is 1.49. The van der Waals surface area contributed by atoms with Crippen LogP contribution in [0.1, 0.15) is 37.8 Å². The van der Waals surface area contributed by atoms with Crippen LogP contribution in [0.15, 0.2) is 52.4 Å². The molecule has 7 nitrogen and oxygen atoms in total. The fourth-order valence-electron chi connectivity index (χ4n) is 3.41. The van der Waals surface area contributed by atoms with Gasteiger partial charge in [-0.05, 0) is 48.2 Å². The number of hydrogen-bond donors (Lipinski definition) is 0. The minimum absolute atomic E-state index is 0.0927. The van der Waals surface area contributed by atoms with Gasteiger partial charge in [0.15, 0.2) is 11.8 Å². The molecule has 0 spiro atoms. The van der Waals surface area contributed by atoms with Gasteiger partial charge in [-0.15, -0.1) is 0 Å². The van der Waals surface area contributed by atoms with E-state index >= 15 is 0 Å². The second-order valence-electron chi connectivity index (χ2n) is 8.60. The van der Waals surface area contributed by atoms with Gasteiger partial charge in [0.25, 0.3) is 5.91 Å². The molecule has 0 radical (unpaired) electrons. The summed E-state index contributed by atoms with van der Waals surface area (Å²) in [5.74, 6) is 0.818. The number of ether oxygens (including phenoxy) is 1. The summed E-state index contributed by atoms with van der Waals surface area (Å²) in [6.07, 6.45) is 0. The van der Waals surface area contributed by atoms with Crippen LogP contribution in [0.2, 0.25) is 0 Å². The van der Waals surface area contributed by atoms with Gasteiger partial charge in [-0.3, -0.25) is 9.69 Å². The first-order valence-corrected chi connectivity index (χ1v) is 13.1. The van der Waals surface area contributed by atoms with Crippen LogP contribution in [0.3, 0.4) is 0 Å². The quantitative estimate of drug-likeness (QED) is 0.576. The maximum Gasteiger partial charge on any atom is 0.266 e. The highest BCUT2D eigenvalue weighted by Gasteiger charge is 2.31. The first kappa shape index (κ1) is 25.3. The van der Waals surface area contributed by atoms with E-state index in [-0.39, 0.29) is 28.6 Å². The van der Waals surface area contributed by atoms with Crippen molar-refractivity contribution in [3.8, 4) is 5.75 Å². The number of carbonyl (C=O) groups excluding carboxylic acids is 1. The van der Waals surface area contributed by atoms with Crippen molar-refractivity contribution >= 4 is 38.5 Å². The van der Waals surface area contributed by atoms with Crippen LogP contribution >= 0.6 is 11.8 Å². The normalized spacial score (nSPS) is 17.9. The highest BCUT2D eigenvalue weighted by molar-refractivity contribution is 8.14. The van der Waals surface area contributed by atoms with Gasteiger partial charge >= 0.3 is 0 Å². The number of amidine groups is 1. The molecule has 1 unspecified atom stereocenters. The molecule has 0 bridgehead atoms. The number of aryl methyl sites for hydroxylation is 1. The number of thioether (sulfide) groups is 1. The Morgan fingerprint density at radius 1 is 1.24 bits per heavy atom. The number of amides is 1. The van der Waals surface area contributed by atoms with E-state index in [0.29, 0.717) is 17.4 Å². The third-order valence-electron chi connectivity index (χ3n) is 5.24. The molecule has 1 atom stereocenters. The number of benzene rings is 2. The summed E-state index contributed by atoms with van der Waals surface area (Å²) in [4.78, 5) is 19.4. The second-order valence-corrected chi connectivity index (χ2v) is 12.2. The Labute approximate surface area is 200 Å². The molecule has 2 aromatic rings. The van der Waals surface area contributed by atoms with E-state index in [1.165, 1.54) is 38.0 Å². The largest absolute Gasteiger partial charge is 0.483 e. The standard InChI is InChI=1S/C24H31N3O4S2/c1-16(2)21-11-10-17(3)12-22(21)31-15-23(28)27-14-18(4)32-24(27)25-19-8-7-9-20(13-19)33(29,30)26(5)6/h7-13,16,18H,14-15H2,1-6H3. The van der Waals surface area contributed by atoms with Gasteiger partial charge in [0.1, 0.15) is 5.75 Å². The van der Waals surface area contributed by atoms with Gasteiger partial charge < -0.3 is 4.74 Å². The molecule has 2 aromatic carbocycles. The Morgan fingerprint density at radius 2 is 1.97 bits per heavy atom. The van der Waals surface area contributed by atoms with Crippen molar-refractivity contribution in [3.63, 3.8) is 0 Å². The van der Waals surface area contributed by atoms with Crippen LogP contribution in [0.25, 0.3) is 0 Å². The number of rotatable bonds is 7. The molecule has 0 aromatic heterocycles. The molecule has 0 saturated carbocycles. The molecule has 1 aliphatic heterocycles. The Balaban J connectivity index is 1.81. The second kappa shape index (κ2) is 10.3. The lowest BCUT2D eigenvalue weighted by atomic mass is 10.0. The van der Waals surface area contributed by atoms with Crippen LogP contribution in [-0.4, -0.2) is 61.2 Å². The van der Waals surface area contributed by atoms with E-state index in [0.717, 1.165) is 21.2 Å². The minimum atomic E-state index is -3.57. The average Bonchev–Trinajstić information content (AvgIpc) is 3.11. The first-order chi connectivity index (χ1) is 15.5. The molecule has 3 rings (SSSR count). The van der Waals surface area contributed by atoms with E-state index in [9.17, 15) is 13.2 Å². The van der Waals surface area contributed by atoms with Gasteiger partial charge in [-0.1, -0.05) is 50.7 Å². The SMILES string of the molecule is Cc1ccc(C(C)C)c(OCC(=O)N2CC(C)SC2=Nc2cccc(S(=O)(=O)N(C)C)c2)c1. The van der Waals surface area contributed by atoms with Gasteiger partial charge in [-0.25, -0.2) is 17.7 Å². The van der Waals surface area contributed by atoms with E-state index in [2.05, 4.69) is 18.8 Å². The third-order valence-corrected chi connectivity index (χ3v) is 8.13. The fourth-order valence-corrected chi connectivity index (χ4v) is 5.39. The number of sulfonamides is 1. The molecule has 9 heteroatoms. The van der Waals surface area contributed by atoms with Gasteiger partial charge in [-0.2, -0.15) is 0 Å². The van der Waals surface area contributed by atoms with Crippen LogP contribution in [0, 0.1) is 6.92 Å². The maximum absolute atomic E-state index is 13.1. The van der Waals surface area contributed by atoms with Crippen molar-refractivity contribution in [3.05, 3.63) is 53.6 Å². The molecule has 0 N–H and O–H groups in total. The highest BCUT2D eigenvalue weighted by Crippen LogP contribution is 2.31. The summed E-state index contributed by atoms with van der Waals surface area (Å²) in [5.41, 5.74) is 2.61. The van der Waals surface area contributed by atoms with Crippen molar-refractivity contribution in [2.45, 2.75) is 43.8 Å². The van der Waals surface area contributed by atoms with Gasteiger partial charge in [0.2, 0.25) is 10.0 Å². The summed E-state index contributed by atoms with van der Waals surface area (Å²) in [7, 11) is -0.595. The van der Waals surface area contributed by atoms with Crippen LogP contribution < -0.4 is 4.74 Å². The summed E-state index contributed by atoms with van der Waals surface area (Å²) in [5, 5.41) is 0.718. The number of carbonyl (C=O) groups is 1. The molecule has 1 heterocycles. The molecule has 1 fully saturated rings. The van der Waals surface area contributed by atoms with Gasteiger partial charge in [0.05, 0.1) is 10.6 Å². The fraction of sp³-hybridized carbons (Fsp3) is 0.417. The Morgan fingerprint density at radius 3 is 2.64 bits per heavy atom. The lowest BCUT2D eigenvalue weighted by molar-refractivity contribution is -0.129. The molecule has 0 aliphatic carbocycles. The van der Waals surface area contributed by atoms with E-state index < -0.39 is 10.0 Å². The summed E-state index contributed by atoms with van der Waals surface area (Å²) < 4.78 is 32.0. The van der Waals surface area contributed by atoms with Crippen molar-refractivity contribution in [2.75, 3.05) is 27.2 Å². The van der Waals surface area contributed by atoms with Crippen LogP contribution in [0.4, 0.5) is 5.69 Å². The van der Waals surface area contributed by atoms with E-state index in [4.69, 9.17) is 4.74 Å². The molecule has 178 valence electrons. The molecular formula is C24H31N3O4S2. The van der Waals surface area contributed by atoms with Crippen molar-refractivity contribution in [2.24, 2.45) is 4.99 Å². The molecule has 33 heavy (non-hydrogen) atoms. The number of aliphatic imine (C=N–C) groups is 1. The highest BCUT2D eigenvalue weighted by atomic mass is 32.2. The Hall–Kier alpha value is -2.36. The molecule has 1 amide bonds. The molecule has 1 saturated heterocycles. The van der Waals surface area contributed by atoms with Gasteiger partial charge in [0, 0.05) is 25.9 Å². The monoisotopic (exact) mass is 489 g/mol. The molecule has 1 aliphatic rings. The third kappa shape index (κ3) is 5.96. The first-order valence-electron chi connectivity index (χ1n) is 10.8. The summed E-state index contributed by atoms with van der Waals surface area (Å²) in [6, 6.07) is 12.5. The minimum Gasteiger partial charge on any atom is -0.483 e.